The molecule has 2 rings (SSSR count). The number of aryl methyl sites for hydroxylation is 2. The van der Waals surface area contributed by atoms with Crippen LogP contribution in [0.5, 0.6) is 0 Å². The maximum absolute atomic E-state index is 4.36. The van der Waals surface area contributed by atoms with Gasteiger partial charge in [0.25, 0.3) is 0 Å². The molecule has 106 valence electrons. The van der Waals surface area contributed by atoms with Crippen molar-refractivity contribution in [3.63, 3.8) is 0 Å². The van der Waals surface area contributed by atoms with E-state index in [1.807, 2.05) is 35.6 Å². The van der Waals surface area contributed by atoms with Crippen molar-refractivity contribution in [2.24, 2.45) is 13.0 Å². The molecule has 0 aromatic carbocycles. The van der Waals surface area contributed by atoms with Crippen LogP contribution in [0.15, 0.2) is 18.5 Å². The summed E-state index contributed by atoms with van der Waals surface area (Å²) < 4.78 is 3.86. The van der Waals surface area contributed by atoms with Gasteiger partial charge in [-0.05, 0) is 12.8 Å². The predicted molar refractivity (Wildman–Crippen MR) is 79.6 cm³/mol. The van der Waals surface area contributed by atoms with Crippen LogP contribution in [0.3, 0.4) is 0 Å². The summed E-state index contributed by atoms with van der Waals surface area (Å²) in [6.07, 6.45) is 3.99. The summed E-state index contributed by atoms with van der Waals surface area (Å²) >= 11 is 0. The second kappa shape index (κ2) is 6.61. The van der Waals surface area contributed by atoms with Gasteiger partial charge in [-0.15, -0.1) is 12.4 Å². The summed E-state index contributed by atoms with van der Waals surface area (Å²) in [5.41, 5.74) is 2.33. The van der Waals surface area contributed by atoms with E-state index in [1.165, 1.54) is 5.56 Å². The quantitative estimate of drug-likeness (QED) is 0.918. The molecule has 5 nitrogen and oxygen atoms in total. The van der Waals surface area contributed by atoms with Gasteiger partial charge in [0.1, 0.15) is 5.82 Å². The third-order valence-electron chi connectivity index (χ3n) is 2.83. The lowest BCUT2D eigenvalue weighted by molar-refractivity contribution is 0.483. The molecule has 0 spiro atoms. The molecule has 1 N–H and O–H groups in total. The number of hydrogen-bond donors (Lipinski definition) is 1. The Kier molecular flexibility index (Phi) is 5.42. The number of aromatic nitrogens is 4. The minimum Gasteiger partial charge on any atom is -0.364 e. The van der Waals surface area contributed by atoms with Gasteiger partial charge in [0, 0.05) is 43.7 Å². The van der Waals surface area contributed by atoms with Crippen molar-refractivity contribution in [1.29, 1.82) is 0 Å². The molecule has 0 saturated heterocycles. The molecule has 19 heavy (non-hydrogen) atoms. The van der Waals surface area contributed by atoms with Crippen LogP contribution < -0.4 is 5.32 Å². The number of anilines is 1. The highest BCUT2D eigenvalue weighted by molar-refractivity contribution is 5.85. The van der Waals surface area contributed by atoms with Crippen molar-refractivity contribution in [2.75, 3.05) is 5.32 Å². The van der Waals surface area contributed by atoms with Crippen LogP contribution in [0.1, 0.15) is 25.1 Å². The third kappa shape index (κ3) is 4.28. The minimum absolute atomic E-state index is 0. The van der Waals surface area contributed by atoms with E-state index in [9.17, 15) is 0 Å². The maximum Gasteiger partial charge on any atom is 0.148 e. The van der Waals surface area contributed by atoms with Gasteiger partial charge in [-0.2, -0.15) is 10.2 Å². The molecule has 2 aromatic heterocycles. The first kappa shape index (κ1) is 15.6. The van der Waals surface area contributed by atoms with Gasteiger partial charge >= 0.3 is 0 Å². The average Bonchev–Trinajstić information content (AvgIpc) is 2.84. The van der Waals surface area contributed by atoms with Crippen molar-refractivity contribution in [1.82, 2.24) is 19.6 Å². The molecule has 0 amide bonds. The van der Waals surface area contributed by atoms with E-state index >= 15 is 0 Å². The zero-order valence-electron chi connectivity index (χ0n) is 11.9. The Bertz CT molecular complexity index is 495. The van der Waals surface area contributed by atoms with Crippen molar-refractivity contribution in [3.05, 3.63) is 29.7 Å². The van der Waals surface area contributed by atoms with Crippen LogP contribution >= 0.6 is 12.4 Å². The fraction of sp³-hybridized carbons (Fsp3) is 0.538. The third-order valence-corrected chi connectivity index (χ3v) is 2.83. The summed E-state index contributed by atoms with van der Waals surface area (Å²) in [6, 6.07) is 2.04. The van der Waals surface area contributed by atoms with Crippen molar-refractivity contribution in [3.8, 4) is 0 Å². The molecule has 0 aliphatic carbocycles. The summed E-state index contributed by atoms with van der Waals surface area (Å²) in [5, 5.41) is 12.0. The van der Waals surface area contributed by atoms with Gasteiger partial charge in [-0.25, -0.2) is 0 Å². The Balaban J connectivity index is 0.00000180. The first-order valence-corrected chi connectivity index (χ1v) is 6.30. The second-order valence-corrected chi connectivity index (χ2v) is 5.11. The molecule has 6 heteroatoms. The fourth-order valence-corrected chi connectivity index (χ4v) is 1.81. The van der Waals surface area contributed by atoms with Gasteiger partial charge in [0.2, 0.25) is 0 Å². The molecule has 2 aromatic rings. The maximum atomic E-state index is 4.36. The molecule has 0 fully saturated rings. The zero-order chi connectivity index (χ0) is 13.1. The van der Waals surface area contributed by atoms with Crippen LogP contribution in [0.4, 0.5) is 5.82 Å². The summed E-state index contributed by atoms with van der Waals surface area (Å²) in [6.45, 7) is 8.14. The normalized spacial score (nSPS) is 10.6. The van der Waals surface area contributed by atoms with Crippen LogP contribution in [0.2, 0.25) is 0 Å². The van der Waals surface area contributed by atoms with E-state index in [-0.39, 0.29) is 12.4 Å². The predicted octanol–water partition coefficient (Wildman–Crippen LogP) is 2.61. The monoisotopic (exact) mass is 283 g/mol. The minimum atomic E-state index is 0. The van der Waals surface area contributed by atoms with E-state index in [0.717, 1.165) is 24.6 Å². The first-order valence-electron chi connectivity index (χ1n) is 6.30. The smallest absolute Gasteiger partial charge is 0.148 e. The molecule has 0 radical (unpaired) electrons. The van der Waals surface area contributed by atoms with Gasteiger partial charge in [-0.3, -0.25) is 9.36 Å². The van der Waals surface area contributed by atoms with E-state index in [4.69, 9.17) is 0 Å². The lowest BCUT2D eigenvalue weighted by atomic mass is 10.2. The molecule has 0 saturated carbocycles. The highest BCUT2D eigenvalue weighted by Gasteiger charge is 2.03. The molecular weight excluding hydrogens is 262 g/mol. The topological polar surface area (TPSA) is 47.7 Å². The molecule has 0 atom stereocenters. The number of nitrogens with one attached hydrogen (secondary N) is 1. The first-order chi connectivity index (χ1) is 8.54. The molecule has 0 bridgehead atoms. The number of rotatable bonds is 5. The van der Waals surface area contributed by atoms with Crippen LogP contribution in [0, 0.1) is 12.8 Å². The molecular formula is C13H22ClN5. The van der Waals surface area contributed by atoms with E-state index in [2.05, 4.69) is 35.6 Å². The van der Waals surface area contributed by atoms with E-state index in [1.54, 1.807) is 0 Å². The van der Waals surface area contributed by atoms with Crippen LogP contribution in [-0.2, 0) is 20.1 Å². The van der Waals surface area contributed by atoms with Crippen LogP contribution in [-0.4, -0.2) is 19.6 Å². The number of hydrogen-bond acceptors (Lipinski definition) is 3. The van der Waals surface area contributed by atoms with Gasteiger partial charge in [0.05, 0.1) is 6.20 Å². The molecule has 0 unspecified atom stereocenters. The zero-order valence-corrected chi connectivity index (χ0v) is 12.7. The summed E-state index contributed by atoms with van der Waals surface area (Å²) in [5.74, 6) is 1.52. The summed E-state index contributed by atoms with van der Waals surface area (Å²) in [4.78, 5) is 0. The SMILES string of the molecule is Cc1cc(NCc2cnn(CC(C)C)c2)nn1C.Cl. The molecule has 0 aliphatic heterocycles. The van der Waals surface area contributed by atoms with Gasteiger partial charge in [0.15, 0.2) is 0 Å². The highest BCUT2D eigenvalue weighted by Crippen LogP contribution is 2.09. The number of halogens is 1. The Morgan fingerprint density at radius 2 is 2.11 bits per heavy atom. The average molecular weight is 284 g/mol. The largest absolute Gasteiger partial charge is 0.364 e. The van der Waals surface area contributed by atoms with Gasteiger partial charge in [-0.1, -0.05) is 13.8 Å². The number of nitrogens with zero attached hydrogens (tertiary/aromatic N) is 4. The van der Waals surface area contributed by atoms with Crippen LogP contribution in [0.25, 0.3) is 0 Å². The molecule has 0 aliphatic rings. The second-order valence-electron chi connectivity index (χ2n) is 5.11. The highest BCUT2D eigenvalue weighted by atomic mass is 35.5. The Labute approximate surface area is 120 Å². The Morgan fingerprint density at radius 3 is 2.68 bits per heavy atom. The van der Waals surface area contributed by atoms with Crippen molar-refractivity contribution in [2.45, 2.75) is 33.9 Å². The lowest BCUT2D eigenvalue weighted by Gasteiger charge is -2.03. The summed E-state index contributed by atoms with van der Waals surface area (Å²) in [7, 11) is 1.95. The van der Waals surface area contributed by atoms with E-state index in [0.29, 0.717) is 5.92 Å². The Hall–Kier alpha value is -1.49. The standard InChI is InChI=1S/C13H21N5.ClH/c1-10(2)8-18-9-12(7-15-18)6-14-13-5-11(3)17(4)16-13;/h5,7,9-10H,6,8H2,1-4H3,(H,14,16);1H. The Morgan fingerprint density at radius 1 is 1.37 bits per heavy atom. The molecule has 2 heterocycles. The van der Waals surface area contributed by atoms with Crippen molar-refractivity contribution >= 4 is 18.2 Å². The lowest BCUT2D eigenvalue weighted by Crippen LogP contribution is -2.04. The van der Waals surface area contributed by atoms with Crippen molar-refractivity contribution < 1.29 is 0 Å². The van der Waals surface area contributed by atoms with Gasteiger partial charge < -0.3 is 5.32 Å². The fourth-order valence-electron chi connectivity index (χ4n) is 1.81. The van der Waals surface area contributed by atoms with E-state index < -0.39 is 0 Å².